The molecular weight excluding hydrogens is 334 g/mol. The van der Waals surface area contributed by atoms with E-state index < -0.39 is 9.84 Å². The second kappa shape index (κ2) is 6.86. The molecule has 0 radical (unpaired) electrons. The third-order valence-corrected chi connectivity index (χ3v) is 7.27. The summed E-state index contributed by atoms with van der Waals surface area (Å²) in [5.74, 6) is 0.225. The molecule has 0 aromatic carbocycles. The predicted octanol–water partition coefficient (Wildman–Crippen LogP) is 0.927. The molecule has 3 heterocycles. The molecule has 1 atom stereocenters. The Morgan fingerprint density at radius 3 is 2.83 bits per heavy atom. The van der Waals surface area contributed by atoms with Crippen molar-refractivity contribution in [1.29, 1.82) is 0 Å². The highest BCUT2D eigenvalue weighted by molar-refractivity contribution is 7.91. The van der Waals surface area contributed by atoms with Crippen LogP contribution in [0.4, 0.5) is 0 Å². The molecule has 6 nitrogen and oxygen atoms in total. The molecule has 0 spiro atoms. The Balaban J connectivity index is 1.54. The van der Waals surface area contributed by atoms with Gasteiger partial charge < -0.3 is 4.90 Å². The summed E-state index contributed by atoms with van der Waals surface area (Å²) >= 11 is 1.60. The normalized spacial score (nSPS) is 24.1. The van der Waals surface area contributed by atoms with E-state index in [1.54, 1.807) is 23.3 Å². The quantitative estimate of drug-likeness (QED) is 0.784. The van der Waals surface area contributed by atoms with Crippen LogP contribution in [0.25, 0.3) is 0 Å². The summed E-state index contributed by atoms with van der Waals surface area (Å²) in [5, 5.41) is 3.00. The van der Waals surface area contributed by atoms with Gasteiger partial charge in [-0.15, -0.1) is 11.3 Å². The number of carbonyl (C=O) groups is 1. The number of thiazole rings is 1. The fourth-order valence-electron chi connectivity index (χ4n) is 3.20. The van der Waals surface area contributed by atoms with Crippen LogP contribution in [0, 0.1) is 0 Å². The molecule has 8 heteroatoms. The standard InChI is InChI=1S/C15H23N3O3S2/c1-17(13-4-7-23(20,21)11-13)15(19)8-12-10-22-14(16-12)9-18-5-2-3-6-18/h10,13H,2-9,11H2,1H3. The molecule has 1 aromatic rings. The number of sulfone groups is 1. The molecule has 128 valence electrons. The number of hydrogen-bond donors (Lipinski definition) is 0. The van der Waals surface area contributed by atoms with E-state index in [0.717, 1.165) is 30.3 Å². The summed E-state index contributed by atoms with van der Waals surface area (Å²) in [5.41, 5.74) is 0.793. The number of nitrogens with zero attached hydrogens (tertiary/aromatic N) is 3. The lowest BCUT2D eigenvalue weighted by atomic mass is 10.2. The zero-order chi connectivity index (χ0) is 16.4. The Kier molecular flexibility index (Phi) is 5.03. The van der Waals surface area contributed by atoms with E-state index in [2.05, 4.69) is 9.88 Å². The van der Waals surface area contributed by atoms with Gasteiger partial charge >= 0.3 is 0 Å². The van der Waals surface area contributed by atoms with Gasteiger partial charge in [-0.05, 0) is 32.4 Å². The fraction of sp³-hybridized carbons (Fsp3) is 0.733. The van der Waals surface area contributed by atoms with Gasteiger partial charge in [-0.25, -0.2) is 13.4 Å². The van der Waals surface area contributed by atoms with Crippen LogP contribution in [0.5, 0.6) is 0 Å². The third kappa shape index (κ3) is 4.30. The summed E-state index contributed by atoms with van der Waals surface area (Å²) in [7, 11) is -1.27. The molecule has 0 aliphatic carbocycles. The molecule has 2 fully saturated rings. The van der Waals surface area contributed by atoms with Crippen molar-refractivity contribution in [2.75, 3.05) is 31.6 Å². The number of likely N-dealkylation sites (tertiary alicyclic amines) is 1. The molecule has 1 unspecified atom stereocenters. The second-order valence-electron chi connectivity index (χ2n) is 6.45. The predicted molar refractivity (Wildman–Crippen MR) is 90.2 cm³/mol. The van der Waals surface area contributed by atoms with Crippen molar-refractivity contribution in [1.82, 2.24) is 14.8 Å². The summed E-state index contributed by atoms with van der Waals surface area (Å²) in [4.78, 5) is 20.9. The highest BCUT2D eigenvalue weighted by atomic mass is 32.2. The van der Waals surface area contributed by atoms with Gasteiger partial charge in [0.1, 0.15) is 5.01 Å². The third-order valence-electron chi connectivity index (χ3n) is 4.64. The Morgan fingerprint density at radius 2 is 2.17 bits per heavy atom. The first-order valence-corrected chi connectivity index (χ1v) is 10.7. The zero-order valence-corrected chi connectivity index (χ0v) is 15.0. The Morgan fingerprint density at radius 1 is 1.43 bits per heavy atom. The van der Waals surface area contributed by atoms with Crippen LogP contribution in [0.3, 0.4) is 0 Å². The zero-order valence-electron chi connectivity index (χ0n) is 13.4. The lowest BCUT2D eigenvalue weighted by Gasteiger charge is -2.23. The molecule has 23 heavy (non-hydrogen) atoms. The number of likely N-dealkylation sites (N-methyl/N-ethyl adjacent to an activating group) is 1. The molecule has 0 N–H and O–H groups in total. The first-order chi connectivity index (χ1) is 10.9. The monoisotopic (exact) mass is 357 g/mol. The molecule has 2 aliphatic rings. The van der Waals surface area contributed by atoms with Crippen LogP contribution in [0.15, 0.2) is 5.38 Å². The number of amides is 1. The number of hydrogen-bond acceptors (Lipinski definition) is 6. The molecule has 3 rings (SSSR count). The van der Waals surface area contributed by atoms with Crippen LogP contribution < -0.4 is 0 Å². The average Bonchev–Trinajstić information content (AvgIpc) is 3.21. The molecule has 0 bridgehead atoms. The molecular formula is C15H23N3O3S2. The van der Waals surface area contributed by atoms with E-state index in [4.69, 9.17) is 0 Å². The number of carbonyl (C=O) groups excluding carboxylic acids is 1. The van der Waals surface area contributed by atoms with Crippen molar-refractivity contribution in [3.63, 3.8) is 0 Å². The lowest BCUT2D eigenvalue weighted by molar-refractivity contribution is -0.130. The summed E-state index contributed by atoms with van der Waals surface area (Å²) in [6, 6.07) is -0.185. The van der Waals surface area contributed by atoms with E-state index in [1.807, 2.05) is 5.38 Å². The first kappa shape index (κ1) is 16.9. The summed E-state index contributed by atoms with van der Waals surface area (Å²) in [6.45, 7) is 3.13. The molecule has 2 aliphatic heterocycles. The van der Waals surface area contributed by atoms with Crippen molar-refractivity contribution >= 4 is 27.1 Å². The maximum absolute atomic E-state index is 12.3. The SMILES string of the molecule is CN(C(=O)Cc1csc(CN2CCCC2)n1)C1CCS(=O)(=O)C1. The van der Waals surface area contributed by atoms with Crippen LogP contribution in [-0.4, -0.2) is 66.8 Å². The van der Waals surface area contributed by atoms with Crippen LogP contribution in [0.1, 0.15) is 30.0 Å². The topological polar surface area (TPSA) is 70.6 Å². The van der Waals surface area contributed by atoms with Gasteiger partial charge in [0.25, 0.3) is 0 Å². The minimum absolute atomic E-state index is 0.0508. The molecule has 0 saturated carbocycles. The maximum Gasteiger partial charge on any atom is 0.228 e. The first-order valence-electron chi connectivity index (χ1n) is 8.05. The van der Waals surface area contributed by atoms with Gasteiger partial charge in [0.15, 0.2) is 9.84 Å². The summed E-state index contributed by atoms with van der Waals surface area (Å²) < 4.78 is 23.1. The van der Waals surface area contributed by atoms with Crippen molar-refractivity contribution in [3.05, 3.63) is 16.1 Å². The van der Waals surface area contributed by atoms with E-state index in [0.29, 0.717) is 6.42 Å². The van der Waals surface area contributed by atoms with Gasteiger partial charge in [-0.3, -0.25) is 9.69 Å². The Labute approximate surface area is 141 Å². The minimum atomic E-state index is -2.97. The lowest BCUT2D eigenvalue weighted by Crippen LogP contribution is -2.38. The van der Waals surface area contributed by atoms with Gasteiger partial charge in [0.05, 0.1) is 30.2 Å². The van der Waals surface area contributed by atoms with E-state index in [1.165, 1.54) is 12.8 Å². The van der Waals surface area contributed by atoms with Crippen LogP contribution >= 0.6 is 11.3 Å². The van der Waals surface area contributed by atoms with Crippen LogP contribution in [-0.2, 0) is 27.6 Å². The van der Waals surface area contributed by atoms with Crippen molar-refractivity contribution < 1.29 is 13.2 Å². The van der Waals surface area contributed by atoms with Crippen LogP contribution in [0.2, 0.25) is 0 Å². The molecule has 1 amide bonds. The average molecular weight is 358 g/mol. The van der Waals surface area contributed by atoms with Gasteiger partial charge in [0, 0.05) is 18.5 Å². The van der Waals surface area contributed by atoms with Crippen molar-refractivity contribution in [2.24, 2.45) is 0 Å². The Bertz CT molecular complexity index is 665. The van der Waals surface area contributed by atoms with Crippen molar-refractivity contribution in [3.8, 4) is 0 Å². The second-order valence-corrected chi connectivity index (χ2v) is 9.63. The highest BCUT2D eigenvalue weighted by Crippen LogP contribution is 2.19. The van der Waals surface area contributed by atoms with E-state index >= 15 is 0 Å². The van der Waals surface area contributed by atoms with Crippen molar-refractivity contribution in [2.45, 2.75) is 38.3 Å². The smallest absolute Gasteiger partial charge is 0.228 e. The number of aromatic nitrogens is 1. The Hall–Kier alpha value is -0.990. The maximum atomic E-state index is 12.3. The van der Waals surface area contributed by atoms with E-state index in [-0.39, 0.29) is 29.9 Å². The molecule has 1 aromatic heterocycles. The largest absolute Gasteiger partial charge is 0.341 e. The molecule has 2 saturated heterocycles. The minimum Gasteiger partial charge on any atom is -0.341 e. The summed E-state index contributed by atoms with van der Waals surface area (Å²) in [6.07, 6.45) is 3.31. The van der Waals surface area contributed by atoms with Gasteiger partial charge in [0.2, 0.25) is 5.91 Å². The van der Waals surface area contributed by atoms with Gasteiger partial charge in [-0.1, -0.05) is 0 Å². The number of rotatable bonds is 5. The van der Waals surface area contributed by atoms with E-state index in [9.17, 15) is 13.2 Å². The van der Waals surface area contributed by atoms with Gasteiger partial charge in [-0.2, -0.15) is 0 Å². The fourth-order valence-corrected chi connectivity index (χ4v) is 5.81. The highest BCUT2D eigenvalue weighted by Gasteiger charge is 2.32.